The first-order chi connectivity index (χ1) is 14.2. The molecular weight excluding hydrogens is 366 g/mol. The zero-order chi connectivity index (χ0) is 19.7. The number of amides is 2. The van der Waals surface area contributed by atoms with Gasteiger partial charge in [0.15, 0.2) is 5.82 Å². The van der Waals surface area contributed by atoms with E-state index in [1.54, 1.807) is 12.1 Å². The van der Waals surface area contributed by atoms with Crippen LogP contribution in [-0.2, 0) is 9.59 Å². The third kappa shape index (κ3) is 2.00. The number of anilines is 1. The molecule has 7 rings (SSSR count). The van der Waals surface area contributed by atoms with Gasteiger partial charge in [-0.05, 0) is 28.3 Å². The molecule has 1 saturated heterocycles. The minimum atomic E-state index is -0.416. The molecule has 1 fully saturated rings. The van der Waals surface area contributed by atoms with Gasteiger partial charge in [0.05, 0.1) is 18.9 Å². The van der Waals surface area contributed by atoms with E-state index < -0.39 is 11.8 Å². The predicted octanol–water partition coefficient (Wildman–Crippen LogP) is 2.88. The van der Waals surface area contributed by atoms with Gasteiger partial charge in [-0.3, -0.25) is 9.59 Å². The van der Waals surface area contributed by atoms with Crippen LogP contribution in [0.3, 0.4) is 0 Å². The summed E-state index contributed by atoms with van der Waals surface area (Å²) < 4.78 is 5.05. The molecule has 3 aliphatic carbocycles. The van der Waals surface area contributed by atoms with Crippen molar-refractivity contribution in [1.82, 2.24) is 10.2 Å². The van der Waals surface area contributed by atoms with Crippen molar-refractivity contribution >= 4 is 17.6 Å². The SMILES string of the molecule is COc1ccc(N2C(=O)[C@@H]3C4c5ccccc5C(c5ccccc54)[C@H]3C2=O)nn1. The average molecular weight is 383 g/mol. The molecule has 0 N–H and O–H groups in total. The first-order valence-electron chi connectivity index (χ1n) is 9.64. The Morgan fingerprint density at radius 3 is 1.59 bits per heavy atom. The maximum Gasteiger partial charge on any atom is 0.239 e. The Labute approximate surface area is 167 Å². The summed E-state index contributed by atoms with van der Waals surface area (Å²) >= 11 is 0. The molecule has 2 amide bonds. The highest BCUT2D eigenvalue weighted by atomic mass is 16.5. The molecule has 1 aromatic heterocycles. The molecule has 142 valence electrons. The summed E-state index contributed by atoms with van der Waals surface area (Å²) in [6, 6.07) is 19.6. The van der Waals surface area contributed by atoms with Crippen LogP contribution < -0.4 is 9.64 Å². The average Bonchev–Trinajstić information content (AvgIpc) is 3.04. The first-order valence-corrected chi connectivity index (χ1v) is 9.64. The molecule has 6 heteroatoms. The number of ether oxygens (including phenoxy) is 1. The van der Waals surface area contributed by atoms with E-state index in [4.69, 9.17) is 4.74 Å². The summed E-state index contributed by atoms with van der Waals surface area (Å²) in [5.41, 5.74) is 4.62. The summed E-state index contributed by atoms with van der Waals surface area (Å²) in [6.45, 7) is 0. The molecule has 2 atom stereocenters. The second-order valence-electron chi connectivity index (χ2n) is 7.71. The number of carbonyl (C=O) groups excluding carboxylic acids is 2. The number of benzene rings is 2. The number of aromatic nitrogens is 2. The van der Waals surface area contributed by atoms with Crippen molar-refractivity contribution in [2.24, 2.45) is 11.8 Å². The van der Waals surface area contributed by atoms with E-state index in [9.17, 15) is 9.59 Å². The van der Waals surface area contributed by atoms with Crippen molar-refractivity contribution < 1.29 is 14.3 Å². The molecule has 0 unspecified atom stereocenters. The molecule has 1 aliphatic heterocycles. The summed E-state index contributed by atoms with van der Waals surface area (Å²) in [5.74, 6) is -0.873. The number of imide groups is 1. The van der Waals surface area contributed by atoms with Gasteiger partial charge in [-0.15, -0.1) is 10.2 Å². The monoisotopic (exact) mass is 383 g/mol. The number of hydrogen-bond donors (Lipinski definition) is 0. The second-order valence-corrected chi connectivity index (χ2v) is 7.71. The number of rotatable bonds is 2. The third-order valence-corrected chi connectivity index (χ3v) is 6.51. The van der Waals surface area contributed by atoms with E-state index in [1.165, 1.54) is 12.0 Å². The summed E-state index contributed by atoms with van der Waals surface area (Å²) in [6.07, 6.45) is 0. The number of carbonyl (C=O) groups is 2. The van der Waals surface area contributed by atoms with Gasteiger partial charge in [-0.1, -0.05) is 48.5 Å². The van der Waals surface area contributed by atoms with Crippen LogP contribution in [0.15, 0.2) is 60.7 Å². The number of methoxy groups -OCH3 is 1. The van der Waals surface area contributed by atoms with Gasteiger partial charge < -0.3 is 4.74 Å². The van der Waals surface area contributed by atoms with Gasteiger partial charge in [-0.25, -0.2) is 4.90 Å². The maximum absolute atomic E-state index is 13.5. The van der Waals surface area contributed by atoms with Gasteiger partial charge in [0.2, 0.25) is 17.7 Å². The lowest BCUT2D eigenvalue weighted by Crippen LogP contribution is -2.41. The Balaban J connectivity index is 1.53. The van der Waals surface area contributed by atoms with Crippen molar-refractivity contribution in [2.75, 3.05) is 12.0 Å². The molecule has 2 heterocycles. The summed E-state index contributed by atoms with van der Waals surface area (Å²) in [7, 11) is 1.50. The van der Waals surface area contributed by atoms with Gasteiger partial charge in [-0.2, -0.15) is 0 Å². The summed E-state index contributed by atoms with van der Waals surface area (Å²) in [4.78, 5) is 28.3. The molecule has 0 spiro atoms. The Kier molecular flexibility index (Phi) is 3.25. The lowest BCUT2D eigenvalue weighted by molar-refractivity contribution is -0.122. The van der Waals surface area contributed by atoms with E-state index in [-0.39, 0.29) is 29.5 Å². The standard InChI is InChI=1S/C23H17N3O3/c1-29-17-11-10-16(24-25-17)26-22(27)20-18-12-6-2-3-7-13(12)19(21(20)23(26)28)15-9-5-4-8-14(15)18/h2-11,18-21H,1H3/t18?,19?,20-,21-/m1/s1. The van der Waals surface area contributed by atoms with Crippen LogP contribution in [0.4, 0.5) is 5.82 Å². The fourth-order valence-electron chi connectivity index (χ4n) is 5.44. The largest absolute Gasteiger partial charge is 0.480 e. The van der Waals surface area contributed by atoms with Crippen LogP contribution in [-0.4, -0.2) is 29.1 Å². The van der Waals surface area contributed by atoms with Gasteiger partial charge in [0.1, 0.15) is 0 Å². The van der Waals surface area contributed by atoms with Crippen LogP contribution in [0, 0.1) is 11.8 Å². The Hall–Kier alpha value is -3.54. The predicted molar refractivity (Wildman–Crippen MR) is 105 cm³/mol. The van der Waals surface area contributed by atoms with E-state index in [1.807, 2.05) is 24.3 Å². The Morgan fingerprint density at radius 2 is 1.21 bits per heavy atom. The lowest BCUT2D eigenvalue weighted by Gasteiger charge is -2.45. The molecule has 6 nitrogen and oxygen atoms in total. The van der Waals surface area contributed by atoms with Crippen molar-refractivity contribution in [3.8, 4) is 5.88 Å². The van der Waals surface area contributed by atoms with E-state index in [0.29, 0.717) is 5.88 Å². The molecule has 2 aromatic carbocycles. The van der Waals surface area contributed by atoms with Gasteiger partial charge >= 0.3 is 0 Å². The second kappa shape index (κ2) is 5.73. The van der Waals surface area contributed by atoms with Crippen LogP contribution in [0.2, 0.25) is 0 Å². The molecular formula is C23H17N3O3. The van der Waals surface area contributed by atoms with Crippen LogP contribution in [0.1, 0.15) is 34.1 Å². The number of hydrogen-bond acceptors (Lipinski definition) is 5. The fraction of sp³-hybridized carbons (Fsp3) is 0.217. The maximum atomic E-state index is 13.5. The zero-order valence-electron chi connectivity index (χ0n) is 15.6. The molecule has 4 aliphatic rings. The van der Waals surface area contributed by atoms with Crippen molar-refractivity contribution in [3.63, 3.8) is 0 Å². The van der Waals surface area contributed by atoms with Crippen LogP contribution >= 0.6 is 0 Å². The minimum Gasteiger partial charge on any atom is -0.480 e. The Bertz CT molecular complexity index is 1060. The van der Waals surface area contributed by atoms with Crippen molar-refractivity contribution in [2.45, 2.75) is 11.8 Å². The highest BCUT2D eigenvalue weighted by Gasteiger charge is 2.62. The molecule has 2 bridgehead atoms. The third-order valence-electron chi connectivity index (χ3n) is 6.51. The van der Waals surface area contributed by atoms with Gasteiger partial charge in [0, 0.05) is 17.9 Å². The fourth-order valence-corrected chi connectivity index (χ4v) is 5.44. The Morgan fingerprint density at radius 1 is 0.724 bits per heavy atom. The first kappa shape index (κ1) is 16.4. The molecule has 29 heavy (non-hydrogen) atoms. The quantitative estimate of drug-likeness (QED) is 0.637. The molecule has 0 saturated carbocycles. The smallest absolute Gasteiger partial charge is 0.239 e. The minimum absolute atomic E-state index is 0.120. The molecule has 3 aromatic rings. The lowest BCUT2D eigenvalue weighted by atomic mass is 9.55. The highest BCUT2D eigenvalue weighted by molar-refractivity contribution is 6.23. The van der Waals surface area contributed by atoms with Crippen molar-refractivity contribution in [1.29, 1.82) is 0 Å². The summed E-state index contributed by atoms with van der Waals surface area (Å²) in [5, 5.41) is 8.01. The highest BCUT2D eigenvalue weighted by Crippen LogP contribution is 2.61. The zero-order valence-corrected chi connectivity index (χ0v) is 15.6. The van der Waals surface area contributed by atoms with Crippen LogP contribution in [0.5, 0.6) is 5.88 Å². The van der Waals surface area contributed by atoms with Crippen molar-refractivity contribution in [3.05, 3.63) is 82.9 Å². The van der Waals surface area contributed by atoms with E-state index in [0.717, 1.165) is 22.3 Å². The normalized spacial score (nSPS) is 26.2. The number of nitrogens with zero attached hydrogens (tertiary/aromatic N) is 3. The van der Waals surface area contributed by atoms with E-state index >= 15 is 0 Å². The molecule has 0 radical (unpaired) electrons. The van der Waals surface area contributed by atoms with Crippen LogP contribution in [0.25, 0.3) is 0 Å². The topological polar surface area (TPSA) is 72.4 Å². The van der Waals surface area contributed by atoms with E-state index in [2.05, 4.69) is 34.5 Å². The van der Waals surface area contributed by atoms with Gasteiger partial charge in [0.25, 0.3) is 0 Å².